The molecule has 0 bridgehead atoms. The van der Waals surface area contributed by atoms with Gasteiger partial charge in [-0.15, -0.1) is 0 Å². The van der Waals surface area contributed by atoms with Gasteiger partial charge in [-0.25, -0.2) is 4.98 Å². The van der Waals surface area contributed by atoms with Crippen molar-refractivity contribution in [3.8, 4) is 0 Å². The number of pyridine rings is 2. The molecule has 2 aromatic heterocycles. The van der Waals surface area contributed by atoms with Crippen LogP contribution in [0.4, 0.5) is 10.1 Å². The van der Waals surface area contributed by atoms with Crippen LogP contribution >= 0.6 is 0 Å². The van der Waals surface area contributed by atoms with Crippen LogP contribution in [0.3, 0.4) is 0 Å². The standard InChI is InChI=1S/C15H16FN3O/c16-15-4-3-13(8-18-15)19-9-11(10-19)6-14(20)12-2-1-5-17-7-12/h1-5,7-8,11,14,20H,6,9-10H2. The minimum Gasteiger partial charge on any atom is -0.388 e. The third-order valence-electron chi connectivity index (χ3n) is 3.66. The predicted octanol–water partition coefficient (Wildman–Crippen LogP) is 2.18. The highest BCUT2D eigenvalue weighted by Crippen LogP contribution is 2.30. The Kier molecular flexibility index (Phi) is 3.60. The van der Waals surface area contributed by atoms with Gasteiger partial charge < -0.3 is 10.0 Å². The van der Waals surface area contributed by atoms with Gasteiger partial charge in [-0.1, -0.05) is 6.07 Å². The molecule has 20 heavy (non-hydrogen) atoms. The zero-order chi connectivity index (χ0) is 13.9. The number of hydrogen-bond donors (Lipinski definition) is 1. The monoisotopic (exact) mass is 273 g/mol. The molecule has 104 valence electrons. The van der Waals surface area contributed by atoms with Crippen LogP contribution in [0.5, 0.6) is 0 Å². The normalized spacial score (nSPS) is 16.8. The molecule has 1 saturated heterocycles. The first kappa shape index (κ1) is 13.0. The molecule has 1 aliphatic heterocycles. The van der Waals surface area contributed by atoms with Gasteiger partial charge in [0.25, 0.3) is 0 Å². The Morgan fingerprint density at radius 3 is 2.80 bits per heavy atom. The number of rotatable bonds is 4. The maximum absolute atomic E-state index is 12.7. The van der Waals surface area contributed by atoms with Crippen LogP contribution in [0.2, 0.25) is 0 Å². The predicted molar refractivity (Wildman–Crippen MR) is 73.7 cm³/mol. The summed E-state index contributed by atoms with van der Waals surface area (Å²) in [7, 11) is 0. The van der Waals surface area contributed by atoms with Crippen LogP contribution in [0.25, 0.3) is 0 Å². The van der Waals surface area contributed by atoms with E-state index in [2.05, 4.69) is 14.9 Å². The number of aliphatic hydroxyl groups excluding tert-OH is 1. The maximum atomic E-state index is 12.7. The Hall–Kier alpha value is -2.01. The molecule has 1 atom stereocenters. The summed E-state index contributed by atoms with van der Waals surface area (Å²) < 4.78 is 12.7. The lowest BCUT2D eigenvalue weighted by Gasteiger charge is -2.41. The smallest absolute Gasteiger partial charge is 0.212 e. The molecular formula is C15H16FN3O. The van der Waals surface area contributed by atoms with Gasteiger partial charge in [0.1, 0.15) is 0 Å². The fourth-order valence-electron chi connectivity index (χ4n) is 2.51. The Balaban J connectivity index is 1.52. The fraction of sp³-hybridized carbons (Fsp3) is 0.333. The Morgan fingerprint density at radius 1 is 1.30 bits per heavy atom. The van der Waals surface area contributed by atoms with Gasteiger partial charge >= 0.3 is 0 Å². The van der Waals surface area contributed by atoms with E-state index in [9.17, 15) is 9.50 Å². The van der Waals surface area contributed by atoms with Gasteiger partial charge in [0.2, 0.25) is 5.95 Å². The minimum absolute atomic E-state index is 0.440. The molecule has 5 heteroatoms. The molecule has 1 unspecified atom stereocenters. The molecule has 3 rings (SSSR count). The summed E-state index contributed by atoms with van der Waals surface area (Å²) >= 11 is 0. The third-order valence-corrected chi connectivity index (χ3v) is 3.66. The van der Waals surface area contributed by atoms with E-state index in [0.717, 1.165) is 30.8 Å². The van der Waals surface area contributed by atoms with E-state index < -0.39 is 12.1 Å². The van der Waals surface area contributed by atoms with Crippen molar-refractivity contribution in [3.63, 3.8) is 0 Å². The lowest BCUT2D eigenvalue weighted by molar-refractivity contribution is 0.134. The van der Waals surface area contributed by atoms with Gasteiger partial charge in [-0.05, 0) is 36.1 Å². The summed E-state index contributed by atoms with van der Waals surface area (Å²) in [6.07, 6.45) is 5.19. The Morgan fingerprint density at radius 2 is 2.15 bits per heavy atom. The Bertz CT molecular complexity index is 555. The van der Waals surface area contributed by atoms with Crippen molar-refractivity contribution in [1.29, 1.82) is 0 Å². The van der Waals surface area contributed by atoms with E-state index >= 15 is 0 Å². The average Bonchev–Trinajstić information content (AvgIpc) is 2.44. The molecule has 0 radical (unpaired) electrons. The number of anilines is 1. The van der Waals surface area contributed by atoms with E-state index in [1.807, 2.05) is 12.1 Å². The molecule has 1 N–H and O–H groups in total. The van der Waals surface area contributed by atoms with Gasteiger partial charge in [0.05, 0.1) is 18.0 Å². The average molecular weight is 273 g/mol. The van der Waals surface area contributed by atoms with Crippen LogP contribution in [0.15, 0.2) is 42.9 Å². The van der Waals surface area contributed by atoms with E-state index in [4.69, 9.17) is 0 Å². The molecule has 3 heterocycles. The summed E-state index contributed by atoms with van der Waals surface area (Å²) in [6, 6.07) is 6.82. The molecule has 4 nitrogen and oxygen atoms in total. The molecule has 0 amide bonds. The topological polar surface area (TPSA) is 49.2 Å². The zero-order valence-corrected chi connectivity index (χ0v) is 11.0. The quantitative estimate of drug-likeness (QED) is 0.867. The maximum Gasteiger partial charge on any atom is 0.212 e. The summed E-state index contributed by atoms with van der Waals surface area (Å²) in [5.41, 5.74) is 1.79. The summed E-state index contributed by atoms with van der Waals surface area (Å²) in [5.74, 6) is -0.0203. The van der Waals surface area contributed by atoms with Crippen molar-refractivity contribution in [3.05, 3.63) is 54.4 Å². The fourth-order valence-corrected chi connectivity index (χ4v) is 2.51. The van der Waals surface area contributed by atoms with Gasteiger partial charge in [-0.2, -0.15) is 4.39 Å². The molecule has 0 spiro atoms. The highest BCUT2D eigenvalue weighted by Gasteiger charge is 2.29. The SMILES string of the molecule is OC(CC1CN(c2ccc(F)nc2)C1)c1cccnc1. The summed E-state index contributed by atoms with van der Waals surface area (Å²) in [6.45, 7) is 1.73. The molecule has 0 aromatic carbocycles. The third kappa shape index (κ3) is 2.77. The number of nitrogens with zero attached hydrogens (tertiary/aromatic N) is 3. The molecule has 1 aliphatic rings. The minimum atomic E-state index is -0.470. The van der Waals surface area contributed by atoms with E-state index in [1.165, 1.54) is 6.07 Å². The van der Waals surface area contributed by atoms with Crippen molar-refractivity contribution in [2.24, 2.45) is 5.92 Å². The van der Waals surface area contributed by atoms with Gasteiger partial charge in [0.15, 0.2) is 0 Å². The van der Waals surface area contributed by atoms with E-state index in [-0.39, 0.29) is 0 Å². The lowest BCUT2D eigenvalue weighted by Crippen LogP contribution is -2.47. The largest absolute Gasteiger partial charge is 0.388 e. The van der Waals surface area contributed by atoms with Crippen LogP contribution in [-0.4, -0.2) is 28.2 Å². The molecule has 0 aliphatic carbocycles. The zero-order valence-electron chi connectivity index (χ0n) is 11.0. The summed E-state index contributed by atoms with van der Waals surface area (Å²) in [4.78, 5) is 9.80. The van der Waals surface area contributed by atoms with Crippen molar-refractivity contribution < 1.29 is 9.50 Å². The van der Waals surface area contributed by atoms with Gasteiger partial charge in [0, 0.05) is 25.5 Å². The van der Waals surface area contributed by atoms with Gasteiger partial charge in [-0.3, -0.25) is 4.98 Å². The first-order chi connectivity index (χ1) is 9.72. The second-order valence-electron chi connectivity index (χ2n) is 5.15. The van der Waals surface area contributed by atoms with Crippen molar-refractivity contribution >= 4 is 5.69 Å². The van der Waals surface area contributed by atoms with E-state index in [0.29, 0.717) is 5.92 Å². The number of hydrogen-bond acceptors (Lipinski definition) is 4. The second kappa shape index (κ2) is 5.54. The van der Waals surface area contributed by atoms with Crippen LogP contribution < -0.4 is 4.90 Å². The highest BCUT2D eigenvalue weighted by molar-refractivity contribution is 5.46. The van der Waals surface area contributed by atoms with Crippen molar-refractivity contribution in [1.82, 2.24) is 9.97 Å². The summed E-state index contributed by atoms with van der Waals surface area (Å²) in [5, 5.41) is 10.1. The molecule has 0 saturated carbocycles. The highest BCUT2D eigenvalue weighted by atomic mass is 19.1. The number of aromatic nitrogens is 2. The van der Waals surface area contributed by atoms with Crippen molar-refractivity contribution in [2.75, 3.05) is 18.0 Å². The number of aliphatic hydroxyl groups is 1. The lowest BCUT2D eigenvalue weighted by atomic mass is 9.91. The molecule has 1 fully saturated rings. The Labute approximate surface area is 116 Å². The van der Waals surface area contributed by atoms with Crippen LogP contribution in [0.1, 0.15) is 18.1 Å². The van der Waals surface area contributed by atoms with E-state index in [1.54, 1.807) is 24.7 Å². The molecule has 2 aromatic rings. The van der Waals surface area contributed by atoms with Crippen LogP contribution in [0, 0.1) is 11.9 Å². The second-order valence-corrected chi connectivity index (χ2v) is 5.15. The first-order valence-corrected chi connectivity index (χ1v) is 6.67. The van der Waals surface area contributed by atoms with Crippen molar-refractivity contribution in [2.45, 2.75) is 12.5 Å². The molecular weight excluding hydrogens is 257 g/mol. The van der Waals surface area contributed by atoms with Crippen LogP contribution in [-0.2, 0) is 0 Å². The number of halogens is 1. The first-order valence-electron chi connectivity index (χ1n) is 6.67.